The van der Waals surface area contributed by atoms with E-state index in [2.05, 4.69) is 77.9 Å². The molecule has 0 unspecified atom stereocenters. The molecule has 3 rings (SSSR count). The zero-order valence-corrected chi connectivity index (χ0v) is 32.3. The van der Waals surface area contributed by atoms with Crippen LogP contribution in [0.3, 0.4) is 0 Å². The molecule has 1 aliphatic heterocycles. The largest absolute Gasteiger partial charge is 0.493 e. The number of nitrogens with zero attached hydrogens (tertiary/aromatic N) is 2. The van der Waals surface area contributed by atoms with Gasteiger partial charge >= 0.3 is 0 Å². The van der Waals surface area contributed by atoms with E-state index in [0.29, 0.717) is 0 Å². The Kier molecular flexibility index (Phi) is 19.2. The third kappa shape index (κ3) is 12.4. The van der Waals surface area contributed by atoms with Crippen molar-refractivity contribution >= 4 is 11.4 Å². The van der Waals surface area contributed by atoms with Gasteiger partial charge in [-0.3, -0.25) is 0 Å². The second-order valence-electron chi connectivity index (χ2n) is 14.7. The highest BCUT2D eigenvalue weighted by atomic mass is 15.2. The average molecular weight is 653 g/mol. The summed E-state index contributed by atoms with van der Waals surface area (Å²) in [5, 5.41) is 0. The van der Waals surface area contributed by atoms with E-state index in [0.717, 1.165) is 62.8 Å². The summed E-state index contributed by atoms with van der Waals surface area (Å²) < 4.78 is 1.64. The number of benzene rings is 2. The van der Waals surface area contributed by atoms with Gasteiger partial charge in [0.2, 0.25) is 11.4 Å². The Morgan fingerprint density at radius 3 is 1.02 bits per heavy atom. The third-order valence-electron chi connectivity index (χ3n) is 10.4. The zero-order valence-electron chi connectivity index (χ0n) is 32.3. The fourth-order valence-corrected chi connectivity index (χ4v) is 7.65. The van der Waals surface area contributed by atoms with Crippen LogP contribution in [0.1, 0.15) is 203 Å². The van der Waals surface area contributed by atoms with E-state index in [4.69, 9.17) is 0 Å². The van der Waals surface area contributed by atoms with Crippen molar-refractivity contribution in [1.29, 1.82) is 0 Å². The highest BCUT2D eigenvalue weighted by molar-refractivity contribution is 5.82. The minimum atomic E-state index is 0.933. The molecule has 1 aliphatic rings. The van der Waals surface area contributed by atoms with Crippen LogP contribution in [-0.4, -0.2) is 4.70 Å². The van der Waals surface area contributed by atoms with Gasteiger partial charge in [-0.05, 0) is 117 Å². The Morgan fingerprint density at radius 1 is 0.375 bits per heavy atom. The van der Waals surface area contributed by atoms with Crippen LogP contribution in [0.25, 0.3) is 16.9 Å². The summed E-state index contributed by atoms with van der Waals surface area (Å²) in [7, 11) is 0. The van der Waals surface area contributed by atoms with Gasteiger partial charge in [0.1, 0.15) is 0 Å². The van der Waals surface area contributed by atoms with Gasteiger partial charge in [-0.1, -0.05) is 137 Å². The standard InChI is InChI=1S/C46H72N2/c1-7-13-18-22-26-37-31-38(27-23-19-14-8-2)34-41(33-37)45-43(12-6)44(30-17-11-5)46(48(45)47)42-35-39(28-24-20-15-9-3)32-40(36-42)29-25-21-16-10-4/h31-36H,7-30H2,1-6H3. The van der Waals surface area contributed by atoms with Crippen LogP contribution in [0.4, 0.5) is 0 Å². The molecule has 0 bridgehead atoms. The summed E-state index contributed by atoms with van der Waals surface area (Å²) in [6, 6.07) is 14.6. The Balaban J connectivity index is 2.08. The molecular weight excluding hydrogens is 581 g/mol. The number of rotatable bonds is 26. The first kappa shape index (κ1) is 40.0. The fourth-order valence-electron chi connectivity index (χ4n) is 7.65. The van der Waals surface area contributed by atoms with Gasteiger partial charge in [0.25, 0.3) is 0 Å². The molecule has 0 atom stereocenters. The lowest BCUT2D eigenvalue weighted by Gasteiger charge is -2.15. The molecule has 0 aromatic heterocycles. The molecule has 266 valence electrons. The normalized spacial score (nSPS) is 13.4. The Hall–Kier alpha value is -2.48. The molecule has 2 aromatic rings. The van der Waals surface area contributed by atoms with Crippen molar-refractivity contribution in [3.05, 3.63) is 86.5 Å². The molecule has 2 heteroatoms. The first-order valence-electron chi connectivity index (χ1n) is 20.7. The predicted octanol–water partition coefficient (Wildman–Crippen LogP) is 14.9. The maximum absolute atomic E-state index is 12.4. The van der Waals surface area contributed by atoms with E-state index in [1.165, 1.54) is 147 Å². The van der Waals surface area contributed by atoms with E-state index in [1.54, 1.807) is 4.70 Å². The lowest BCUT2D eigenvalue weighted by molar-refractivity contribution is -0.345. The second kappa shape index (κ2) is 23.0. The van der Waals surface area contributed by atoms with E-state index < -0.39 is 0 Å². The monoisotopic (exact) mass is 653 g/mol. The van der Waals surface area contributed by atoms with Crippen LogP contribution in [-0.2, 0) is 25.7 Å². The van der Waals surface area contributed by atoms with Crippen molar-refractivity contribution in [2.24, 2.45) is 0 Å². The quantitative estimate of drug-likeness (QED) is 0.0714. The molecular formula is C46H72N2. The topological polar surface area (TPSA) is 25.3 Å². The van der Waals surface area contributed by atoms with Crippen molar-refractivity contribution in [3.8, 4) is 0 Å². The van der Waals surface area contributed by atoms with Crippen LogP contribution in [0.2, 0.25) is 0 Å². The summed E-state index contributed by atoms with van der Waals surface area (Å²) in [5.41, 5.74) is 25.4. The van der Waals surface area contributed by atoms with Crippen molar-refractivity contribution in [1.82, 2.24) is 0 Å². The van der Waals surface area contributed by atoms with Gasteiger partial charge in [0.05, 0.1) is 0 Å². The number of hydrogen-bond donors (Lipinski definition) is 0. The first-order valence-corrected chi connectivity index (χ1v) is 20.7. The molecule has 0 N–H and O–H groups in total. The number of hydrogen-bond acceptors (Lipinski definition) is 0. The van der Waals surface area contributed by atoms with Crippen LogP contribution < -0.4 is 0 Å². The smallest absolute Gasteiger partial charge is 0.211 e. The minimum Gasteiger partial charge on any atom is -0.493 e. The maximum atomic E-state index is 12.4. The van der Waals surface area contributed by atoms with Crippen molar-refractivity contribution in [2.45, 2.75) is 196 Å². The summed E-state index contributed by atoms with van der Waals surface area (Å²) in [5.74, 6) is 0. The first-order chi connectivity index (χ1) is 23.5. The number of unbranched alkanes of at least 4 members (excludes halogenated alkanes) is 13. The highest BCUT2D eigenvalue weighted by Crippen LogP contribution is 2.44. The molecule has 0 spiro atoms. The molecule has 0 amide bonds. The third-order valence-corrected chi connectivity index (χ3v) is 10.4. The summed E-state index contributed by atoms with van der Waals surface area (Å²) in [6.45, 7) is 13.8. The molecule has 0 radical (unpaired) electrons. The van der Waals surface area contributed by atoms with Crippen molar-refractivity contribution in [2.75, 3.05) is 0 Å². The van der Waals surface area contributed by atoms with Gasteiger partial charge in [-0.15, -0.1) is 0 Å². The van der Waals surface area contributed by atoms with Crippen molar-refractivity contribution in [3.63, 3.8) is 0 Å². The minimum absolute atomic E-state index is 0.933. The molecule has 0 aliphatic carbocycles. The van der Waals surface area contributed by atoms with Crippen LogP contribution in [0.15, 0.2) is 47.5 Å². The van der Waals surface area contributed by atoms with Crippen LogP contribution in [0, 0.1) is 0 Å². The molecule has 0 fully saturated rings. The van der Waals surface area contributed by atoms with E-state index in [-0.39, 0.29) is 0 Å². The summed E-state index contributed by atoms with van der Waals surface area (Å²) >= 11 is 0. The van der Waals surface area contributed by atoms with Gasteiger partial charge in [0.15, 0.2) is 0 Å². The van der Waals surface area contributed by atoms with Gasteiger partial charge in [-0.25, -0.2) is 4.70 Å². The molecule has 0 saturated carbocycles. The SMILES string of the molecule is CCCCCCc1cc(CCCCCC)cc(C2=C(CC)C(CCCC)=C(c3cc(CCCCCC)cc(CCCCCC)c3)[N+]2=[N-])c1. The molecule has 0 saturated heterocycles. The molecule has 2 aromatic carbocycles. The Labute approximate surface area is 297 Å². The summed E-state index contributed by atoms with van der Waals surface area (Å²) in [4.78, 5) is 0. The predicted molar refractivity (Wildman–Crippen MR) is 212 cm³/mol. The van der Waals surface area contributed by atoms with Crippen molar-refractivity contribution < 1.29 is 4.70 Å². The summed E-state index contributed by atoms with van der Waals surface area (Å²) in [6.07, 6.45) is 29.2. The number of aryl methyl sites for hydroxylation is 4. The van der Waals surface area contributed by atoms with Gasteiger partial charge in [-0.2, -0.15) is 0 Å². The van der Waals surface area contributed by atoms with E-state index in [9.17, 15) is 5.53 Å². The van der Waals surface area contributed by atoms with Crippen LogP contribution in [0.5, 0.6) is 0 Å². The lowest BCUT2D eigenvalue weighted by Crippen LogP contribution is -2.05. The van der Waals surface area contributed by atoms with Gasteiger partial charge in [0, 0.05) is 22.3 Å². The van der Waals surface area contributed by atoms with Gasteiger partial charge < -0.3 is 5.53 Å². The Bertz CT molecular complexity index is 1250. The van der Waals surface area contributed by atoms with E-state index >= 15 is 0 Å². The molecule has 1 heterocycles. The van der Waals surface area contributed by atoms with E-state index in [1.807, 2.05) is 0 Å². The molecule has 48 heavy (non-hydrogen) atoms. The average Bonchev–Trinajstić information content (AvgIpc) is 3.38. The highest BCUT2D eigenvalue weighted by Gasteiger charge is 2.35. The lowest BCUT2D eigenvalue weighted by atomic mass is 9.91. The second-order valence-corrected chi connectivity index (χ2v) is 14.7. The fraction of sp³-hybridized carbons (Fsp3) is 0.652. The van der Waals surface area contributed by atoms with Crippen LogP contribution >= 0.6 is 0 Å². The Morgan fingerprint density at radius 2 is 0.708 bits per heavy atom. The number of allylic oxidation sites excluding steroid dienone is 2. The maximum Gasteiger partial charge on any atom is 0.211 e. The molecule has 2 nitrogen and oxygen atoms in total. The zero-order chi connectivity index (χ0) is 34.6.